The summed E-state index contributed by atoms with van der Waals surface area (Å²) in [6.07, 6.45) is 0. The van der Waals surface area contributed by atoms with E-state index in [1.165, 1.54) is 23.2 Å². The van der Waals surface area contributed by atoms with Gasteiger partial charge in [0, 0.05) is 31.8 Å². The van der Waals surface area contributed by atoms with Crippen LogP contribution in [0.15, 0.2) is 23.3 Å². The molecule has 0 bridgehead atoms. The number of carbonyl (C=O) groups excluding carboxylic acids is 1. The molecule has 88 valence electrons. The van der Waals surface area contributed by atoms with E-state index in [9.17, 15) is 14.9 Å². The number of nitrogens with one attached hydrogen (secondary N) is 1. The molecular formula is C10H10N4O3. The normalized spacial score (nSPS) is 15.6. The highest BCUT2D eigenvalue weighted by atomic mass is 16.6. The van der Waals surface area contributed by atoms with Crippen molar-refractivity contribution < 1.29 is 9.72 Å². The van der Waals surface area contributed by atoms with E-state index in [1.807, 2.05) is 0 Å². The summed E-state index contributed by atoms with van der Waals surface area (Å²) in [6, 6.07) is 4.19. The molecule has 0 atom stereocenters. The minimum absolute atomic E-state index is 0.0632. The van der Waals surface area contributed by atoms with Gasteiger partial charge < -0.3 is 10.3 Å². The first kappa shape index (κ1) is 11.1. The molecule has 0 saturated carbocycles. The van der Waals surface area contributed by atoms with E-state index < -0.39 is 4.92 Å². The van der Waals surface area contributed by atoms with Crippen LogP contribution in [0.2, 0.25) is 0 Å². The Morgan fingerprint density at radius 2 is 2.12 bits per heavy atom. The van der Waals surface area contributed by atoms with Crippen molar-refractivity contribution in [2.24, 2.45) is 5.10 Å². The fraction of sp³-hybridized carbons (Fsp3) is 0.200. The van der Waals surface area contributed by atoms with E-state index in [1.54, 1.807) is 14.1 Å². The van der Waals surface area contributed by atoms with Gasteiger partial charge in [0.15, 0.2) is 5.71 Å². The second kappa shape index (κ2) is 3.85. The van der Waals surface area contributed by atoms with E-state index in [0.717, 1.165) is 0 Å². The van der Waals surface area contributed by atoms with Crippen molar-refractivity contribution >= 4 is 23.0 Å². The van der Waals surface area contributed by atoms with Crippen LogP contribution in [0.1, 0.15) is 5.56 Å². The lowest BCUT2D eigenvalue weighted by atomic mass is 10.1. The molecule has 7 nitrogen and oxygen atoms in total. The first-order valence-electron chi connectivity index (χ1n) is 4.85. The van der Waals surface area contributed by atoms with Crippen LogP contribution in [0.4, 0.5) is 11.4 Å². The van der Waals surface area contributed by atoms with E-state index >= 15 is 0 Å². The summed E-state index contributed by atoms with van der Waals surface area (Å²) < 4.78 is 0. The molecule has 1 aliphatic rings. The van der Waals surface area contributed by atoms with Gasteiger partial charge in [0.1, 0.15) is 0 Å². The third-order valence-electron chi connectivity index (χ3n) is 2.23. The summed E-state index contributed by atoms with van der Waals surface area (Å²) in [4.78, 5) is 21.8. The quantitative estimate of drug-likeness (QED) is 0.606. The van der Waals surface area contributed by atoms with Crippen molar-refractivity contribution in [1.29, 1.82) is 0 Å². The fourth-order valence-electron chi connectivity index (χ4n) is 1.55. The molecule has 0 unspecified atom stereocenters. The summed E-state index contributed by atoms with van der Waals surface area (Å²) in [5.41, 5.74) is 1.12. The predicted octanol–water partition coefficient (Wildman–Crippen LogP) is 0.813. The Labute approximate surface area is 96.9 Å². The third kappa shape index (κ3) is 1.94. The number of hydrogen-bond donors (Lipinski definition) is 1. The van der Waals surface area contributed by atoms with Crippen molar-refractivity contribution in [3.05, 3.63) is 33.9 Å². The van der Waals surface area contributed by atoms with Gasteiger partial charge in [-0.05, 0) is 6.07 Å². The maximum Gasteiger partial charge on any atom is 0.276 e. The molecule has 1 amide bonds. The Balaban J connectivity index is 2.54. The summed E-state index contributed by atoms with van der Waals surface area (Å²) in [7, 11) is 3.35. The monoisotopic (exact) mass is 234 g/mol. The van der Waals surface area contributed by atoms with Gasteiger partial charge in [0.05, 0.1) is 10.6 Å². The van der Waals surface area contributed by atoms with E-state index in [4.69, 9.17) is 0 Å². The second-order valence-electron chi connectivity index (χ2n) is 3.74. The van der Waals surface area contributed by atoms with E-state index in [0.29, 0.717) is 11.3 Å². The van der Waals surface area contributed by atoms with Crippen LogP contribution < -0.4 is 5.32 Å². The highest BCUT2D eigenvalue weighted by Gasteiger charge is 2.28. The van der Waals surface area contributed by atoms with Gasteiger partial charge in [-0.1, -0.05) is 0 Å². The van der Waals surface area contributed by atoms with Crippen molar-refractivity contribution in [2.75, 3.05) is 19.4 Å². The zero-order valence-electron chi connectivity index (χ0n) is 9.30. The Morgan fingerprint density at radius 3 is 2.71 bits per heavy atom. The van der Waals surface area contributed by atoms with Crippen molar-refractivity contribution in [2.45, 2.75) is 0 Å². The number of nitro benzene ring substituents is 1. The number of nitro groups is 1. The lowest BCUT2D eigenvalue weighted by molar-refractivity contribution is -0.384. The third-order valence-corrected chi connectivity index (χ3v) is 2.23. The number of amides is 1. The Hall–Kier alpha value is -2.44. The zero-order chi connectivity index (χ0) is 12.6. The first-order valence-corrected chi connectivity index (χ1v) is 4.85. The molecule has 0 saturated heterocycles. The van der Waals surface area contributed by atoms with E-state index in [-0.39, 0.29) is 17.3 Å². The standard InChI is InChI=1S/C10H10N4O3/c1-13(2)12-9-7-5-6(14(16)17)3-4-8(7)11-10(9)15/h3-5H,1-2H3,(H,11,12,15). The molecule has 0 fully saturated rings. The topological polar surface area (TPSA) is 87.8 Å². The van der Waals surface area contributed by atoms with Gasteiger partial charge in [-0.25, -0.2) is 0 Å². The number of nitrogens with zero attached hydrogens (tertiary/aromatic N) is 3. The van der Waals surface area contributed by atoms with Crippen molar-refractivity contribution in [1.82, 2.24) is 5.01 Å². The Kier molecular flexibility index (Phi) is 2.51. The number of rotatable bonds is 2. The summed E-state index contributed by atoms with van der Waals surface area (Å²) in [6.45, 7) is 0. The number of benzene rings is 1. The molecule has 1 N–H and O–H groups in total. The van der Waals surface area contributed by atoms with Crippen LogP contribution >= 0.6 is 0 Å². The van der Waals surface area contributed by atoms with Crippen LogP contribution in [-0.4, -0.2) is 35.6 Å². The summed E-state index contributed by atoms with van der Waals surface area (Å²) in [5, 5.41) is 18.8. The first-order chi connectivity index (χ1) is 7.99. The summed E-state index contributed by atoms with van der Waals surface area (Å²) >= 11 is 0. The van der Waals surface area contributed by atoms with Gasteiger partial charge >= 0.3 is 0 Å². The fourth-order valence-corrected chi connectivity index (χ4v) is 1.55. The number of hydrogen-bond acceptors (Lipinski definition) is 5. The molecule has 17 heavy (non-hydrogen) atoms. The molecule has 1 aliphatic heterocycles. The lowest BCUT2D eigenvalue weighted by Crippen LogP contribution is -2.18. The van der Waals surface area contributed by atoms with Gasteiger partial charge in [-0.3, -0.25) is 14.9 Å². The number of anilines is 1. The number of carbonyl (C=O) groups is 1. The number of fused-ring (bicyclic) bond motifs is 1. The van der Waals surface area contributed by atoms with Gasteiger partial charge in [0.25, 0.3) is 11.6 Å². The van der Waals surface area contributed by atoms with Crippen LogP contribution in [0.5, 0.6) is 0 Å². The van der Waals surface area contributed by atoms with Crippen molar-refractivity contribution in [3.63, 3.8) is 0 Å². The molecule has 0 aliphatic carbocycles. The average Bonchev–Trinajstić information content (AvgIpc) is 2.54. The summed E-state index contributed by atoms with van der Waals surface area (Å²) in [5.74, 6) is -0.353. The highest BCUT2D eigenvalue weighted by molar-refractivity contribution is 6.53. The molecule has 2 rings (SSSR count). The highest BCUT2D eigenvalue weighted by Crippen LogP contribution is 2.27. The second-order valence-corrected chi connectivity index (χ2v) is 3.74. The SMILES string of the molecule is CN(C)/N=C1\C(=O)Nc2ccc([N+](=O)[O-])cc21. The van der Waals surface area contributed by atoms with Gasteiger partial charge in [-0.2, -0.15) is 5.10 Å². The Morgan fingerprint density at radius 1 is 1.41 bits per heavy atom. The van der Waals surface area contributed by atoms with Gasteiger partial charge in [-0.15, -0.1) is 0 Å². The van der Waals surface area contributed by atoms with E-state index in [2.05, 4.69) is 10.4 Å². The Bertz CT molecular complexity index is 536. The van der Waals surface area contributed by atoms with Crippen molar-refractivity contribution in [3.8, 4) is 0 Å². The maximum absolute atomic E-state index is 11.6. The largest absolute Gasteiger partial charge is 0.320 e. The average molecular weight is 234 g/mol. The van der Waals surface area contributed by atoms with Crippen LogP contribution in [0.25, 0.3) is 0 Å². The van der Waals surface area contributed by atoms with Crippen LogP contribution in [0.3, 0.4) is 0 Å². The molecule has 7 heteroatoms. The molecule has 1 heterocycles. The smallest absolute Gasteiger partial charge is 0.276 e. The molecule has 0 radical (unpaired) electrons. The molecule has 0 aromatic heterocycles. The minimum atomic E-state index is -0.504. The predicted molar refractivity (Wildman–Crippen MR) is 62.0 cm³/mol. The number of hydrazone groups is 1. The van der Waals surface area contributed by atoms with Crippen LogP contribution in [-0.2, 0) is 4.79 Å². The minimum Gasteiger partial charge on any atom is -0.320 e. The zero-order valence-corrected chi connectivity index (χ0v) is 9.30. The number of non-ortho nitro benzene ring substituents is 1. The molecule has 1 aromatic rings. The molecule has 1 aromatic carbocycles. The maximum atomic E-state index is 11.6. The molecular weight excluding hydrogens is 224 g/mol. The lowest BCUT2D eigenvalue weighted by Gasteiger charge is -2.04. The van der Waals surface area contributed by atoms with Crippen LogP contribution in [0, 0.1) is 10.1 Å². The molecule has 0 spiro atoms. The van der Waals surface area contributed by atoms with Gasteiger partial charge in [0.2, 0.25) is 0 Å².